The lowest BCUT2D eigenvalue weighted by molar-refractivity contribution is -0.141. The fourth-order valence-corrected chi connectivity index (χ4v) is 4.25. The van der Waals surface area contributed by atoms with E-state index in [1.165, 1.54) is 24.1 Å². The number of allylic oxidation sites excluding steroid dienone is 2. The van der Waals surface area contributed by atoms with Crippen LogP contribution in [0.5, 0.6) is 0 Å². The van der Waals surface area contributed by atoms with Gasteiger partial charge >= 0.3 is 12.1 Å². The largest absolute Gasteiger partial charge is 0.467 e. The zero-order chi connectivity index (χ0) is 29.3. The van der Waals surface area contributed by atoms with Gasteiger partial charge in [0.05, 0.1) is 41.9 Å². The molecule has 0 saturated carbocycles. The average Bonchev–Trinajstić information content (AvgIpc) is 2.93. The van der Waals surface area contributed by atoms with Gasteiger partial charge in [0.2, 0.25) is 0 Å². The monoisotopic (exact) mass is 559 g/mol. The molecule has 8 nitrogen and oxygen atoms in total. The van der Waals surface area contributed by atoms with Gasteiger partial charge in [0.25, 0.3) is 0 Å². The minimum atomic E-state index is -4.60. The van der Waals surface area contributed by atoms with E-state index in [1.807, 2.05) is 13.0 Å². The number of unbranched alkanes of at least 4 members (excludes halogenated alkanes) is 1. The number of hydrogen-bond acceptors (Lipinski definition) is 8. The maximum Gasteiger partial charge on any atom is 0.416 e. The molecule has 1 heterocycles. The predicted molar refractivity (Wildman–Crippen MR) is 141 cm³/mol. The summed E-state index contributed by atoms with van der Waals surface area (Å²) in [6, 6.07) is 13.2. The summed E-state index contributed by atoms with van der Waals surface area (Å²) in [5.74, 6) is -1.53. The molecular formula is C29H32F3N3O5. The third-order valence-electron chi connectivity index (χ3n) is 6.25. The number of benzene rings is 2. The van der Waals surface area contributed by atoms with Crippen LogP contribution < -0.4 is 10.6 Å². The van der Waals surface area contributed by atoms with E-state index in [0.717, 1.165) is 25.0 Å². The number of methoxy groups -OCH3 is 1. The van der Waals surface area contributed by atoms with Gasteiger partial charge in [-0.05, 0) is 49.2 Å². The molecular weight excluding hydrogens is 527 g/mol. The molecule has 1 unspecified atom stereocenters. The molecule has 1 aliphatic rings. The summed E-state index contributed by atoms with van der Waals surface area (Å²) in [5, 5.41) is 9.26. The summed E-state index contributed by atoms with van der Waals surface area (Å²) in [6.07, 6.45) is -2.90. The van der Waals surface area contributed by atoms with Crippen LogP contribution in [0.25, 0.3) is 0 Å². The van der Waals surface area contributed by atoms with Crippen molar-refractivity contribution in [2.45, 2.75) is 38.8 Å². The second-order valence-electron chi connectivity index (χ2n) is 8.95. The molecule has 0 aliphatic carbocycles. The first-order chi connectivity index (χ1) is 19.1. The van der Waals surface area contributed by atoms with Gasteiger partial charge in [-0.2, -0.15) is 18.4 Å². The van der Waals surface area contributed by atoms with Crippen molar-refractivity contribution in [3.05, 3.63) is 88.1 Å². The number of rotatable bonds is 12. The number of esters is 1. The topological polar surface area (TPSA) is 107 Å². The zero-order valence-corrected chi connectivity index (χ0v) is 22.6. The van der Waals surface area contributed by atoms with Crippen LogP contribution in [-0.2, 0) is 29.9 Å². The number of ether oxygens (including phenoxy) is 4. The second kappa shape index (κ2) is 13.9. The van der Waals surface area contributed by atoms with Crippen LogP contribution in [0.1, 0.15) is 49.3 Å². The van der Waals surface area contributed by atoms with Crippen LogP contribution in [0.3, 0.4) is 0 Å². The van der Waals surface area contributed by atoms with Gasteiger partial charge in [0, 0.05) is 18.5 Å². The van der Waals surface area contributed by atoms with Gasteiger partial charge in [0.1, 0.15) is 12.4 Å². The first-order valence-corrected chi connectivity index (χ1v) is 12.7. The summed E-state index contributed by atoms with van der Waals surface area (Å²) < 4.78 is 62.8. The molecule has 40 heavy (non-hydrogen) atoms. The lowest BCUT2D eigenvalue weighted by Crippen LogP contribution is -2.38. The number of nitriles is 1. The number of alkyl halides is 3. The van der Waals surface area contributed by atoms with Crippen LogP contribution in [-0.4, -0.2) is 39.7 Å². The van der Waals surface area contributed by atoms with Crippen molar-refractivity contribution in [2.24, 2.45) is 5.73 Å². The SMILES string of the molecule is CCCCOCOC1=C(N)N(c2cccc(C(F)(F)F)c2)C(C)=C(C(=O)OCCOC)C1c1ccc(C#N)cc1. The molecule has 0 radical (unpaired) electrons. The maximum atomic E-state index is 13.6. The molecule has 3 rings (SSSR count). The van der Waals surface area contributed by atoms with E-state index >= 15 is 0 Å². The molecule has 2 N–H and O–H groups in total. The predicted octanol–water partition coefficient (Wildman–Crippen LogP) is 5.56. The molecule has 2 aromatic carbocycles. The molecule has 0 bridgehead atoms. The number of halogens is 3. The van der Waals surface area contributed by atoms with Crippen molar-refractivity contribution >= 4 is 11.7 Å². The van der Waals surface area contributed by atoms with Crippen LogP contribution in [0.2, 0.25) is 0 Å². The lowest BCUT2D eigenvalue weighted by atomic mass is 9.84. The van der Waals surface area contributed by atoms with Crippen molar-refractivity contribution in [3.63, 3.8) is 0 Å². The Kier molecular flexibility index (Phi) is 10.6. The minimum Gasteiger partial charge on any atom is -0.467 e. The first-order valence-electron chi connectivity index (χ1n) is 12.7. The molecule has 0 saturated heterocycles. The molecule has 0 fully saturated rings. The van der Waals surface area contributed by atoms with Crippen molar-refractivity contribution in [2.75, 3.05) is 38.6 Å². The summed E-state index contributed by atoms with van der Waals surface area (Å²) in [4.78, 5) is 14.9. The van der Waals surface area contributed by atoms with E-state index in [4.69, 9.17) is 24.7 Å². The molecule has 1 atom stereocenters. The van der Waals surface area contributed by atoms with Gasteiger partial charge in [-0.25, -0.2) is 4.79 Å². The summed E-state index contributed by atoms with van der Waals surface area (Å²) in [6.45, 7) is 3.89. The Balaban J connectivity index is 2.19. The van der Waals surface area contributed by atoms with Gasteiger partial charge in [-0.1, -0.05) is 31.5 Å². The molecule has 0 aromatic heterocycles. The Morgan fingerprint density at radius 2 is 1.85 bits per heavy atom. The third kappa shape index (κ3) is 7.14. The fourth-order valence-electron chi connectivity index (χ4n) is 4.25. The molecule has 0 amide bonds. The molecule has 1 aliphatic heterocycles. The van der Waals surface area contributed by atoms with Gasteiger partial charge in [-0.3, -0.25) is 4.90 Å². The van der Waals surface area contributed by atoms with Crippen LogP contribution >= 0.6 is 0 Å². The highest BCUT2D eigenvalue weighted by Crippen LogP contribution is 2.44. The fraction of sp³-hybridized carbons (Fsp3) is 0.379. The normalized spacial score (nSPS) is 15.7. The summed E-state index contributed by atoms with van der Waals surface area (Å²) in [7, 11) is 1.46. The second-order valence-corrected chi connectivity index (χ2v) is 8.95. The molecule has 214 valence electrons. The highest BCUT2D eigenvalue weighted by molar-refractivity contribution is 5.94. The first kappa shape index (κ1) is 30.5. The number of anilines is 1. The summed E-state index contributed by atoms with van der Waals surface area (Å²) >= 11 is 0. The zero-order valence-electron chi connectivity index (χ0n) is 22.6. The lowest BCUT2D eigenvalue weighted by Gasteiger charge is -2.37. The van der Waals surface area contributed by atoms with Gasteiger partial charge in [0.15, 0.2) is 12.6 Å². The van der Waals surface area contributed by atoms with E-state index in [-0.39, 0.29) is 48.5 Å². The Labute approximate surface area is 231 Å². The summed E-state index contributed by atoms with van der Waals surface area (Å²) in [5.41, 5.74) is 7.13. The van der Waals surface area contributed by atoms with E-state index in [9.17, 15) is 23.2 Å². The van der Waals surface area contributed by atoms with Crippen molar-refractivity contribution < 1.29 is 36.9 Å². The highest BCUT2D eigenvalue weighted by Gasteiger charge is 2.40. The number of carbonyl (C=O) groups is 1. The minimum absolute atomic E-state index is 0.0151. The van der Waals surface area contributed by atoms with Crippen LogP contribution in [0.4, 0.5) is 18.9 Å². The molecule has 0 spiro atoms. The Morgan fingerprint density at radius 3 is 2.48 bits per heavy atom. The molecule has 2 aromatic rings. The van der Waals surface area contributed by atoms with Crippen molar-refractivity contribution in [3.8, 4) is 6.07 Å². The quantitative estimate of drug-likeness (QED) is 0.205. The van der Waals surface area contributed by atoms with E-state index in [2.05, 4.69) is 0 Å². The standard InChI is InChI=1S/C29H32F3N3O5/c1-4-5-13-38-18-40-26-25(21-11-9-20(17-33)10-12-21)24(28(36)39-15-14-37-3)19(2)35(27(26)34)23-8-6-7-22(16-23)29(30,31)32/h6-12,16,25H,4-5,13-15,18,34H2,1-3H3. The Hall–Kier alpha value is -4.01. The smallest absolute Gasteiger partial charge is 0.416 e. The van der Waals surface area contributed by atoms with Gasteiger partial charge in [-0.15, -0.1) is 0 Å². The van der Waals surface area contributed by atoms with Crippen LogP contribution in [0.15, 0.2) is 71.4 Å². The van der Waals surface area contributed by atoms with E-state index < -0.39 is 23.6 Å². The van der Waals surface area contributed by atoms with E-state index in [0.29, 0.717) is 17.7 Å². The van der Waals surface area contributed by atoms with Crippen LogP contribution in [0, 0.1) is 11.3 Å². The Morgan fingerprint density at radius 1 is 1.12 bits per heavy atom. The third-order valence-corrected chi connectivity index (χ3v) is 6.25. The number of nitrogens with zero attached hydrogens (tertiary/aromatic N) is 2. The maximum absolute atomic E-state index is 13.6. The molecule has 11 heteroatoms. The Bertz CT molecular complexity index is 1280. The average molecular weight is 560 g/mol. The highest BCUT2D eigenvalue weighted by atomic mass is 19.4. The number of nitrogens with two attached hydrogens (primary N) is 1. The van der Waals surface area contributed by atoms with Gasteiger partial charge < -0.3 is 24.7 Å². The number of carbonyl (C=O) groups excluding carboxylic acids is 1. The van der Waals surface area contributed by atoms with E-state index in [1.54, 1.807) is 31.2 Å². The van der Waals surface area contributed by atoms with Crippen molar-refractivity contribution in [1.82, 2.24) is 0 Å². The van der Waals surface area contributed by atoms with Crippen molar-refractivity contribution in [1.29, 1.82) is 5.26 Å². The number of hydrogen-bond donors (Lipinski definition) is 1.